The van der Waals surface area contributed by atoms with E-state index in [2.05, 4.69) is 11.4 Å². The largest absolute Gasteiger partial charge is 0.508 e. The number of phenols is 1. The normalized spacial score (nSPS) is 17.3. The lowest BCUT2D eigenvalue weighted by Crippen LogP contribution is -2.25. The number of methoxy groups -OCH3 is 1. The number of hydrogen-bond donors (Lipinski definition) is 2. The van der Waals surface area contributed by atoms with E-state index in [1.54, 1.807) is 13.2 Å². The first-order chi connectivity index (χ1) is 10.3. The van der Waals surface area contributed by atoms with Crippen LogP contribution in [0.15, 0.2) is 42.5 Å². The van der Waals surface area contributed by atoms with Crippen molar-refractivity contribution in [3.63, 3.8) is 0 Å². The number of benzene rings is 2. The van der Waals surface area contributed by atoms with Gasteiger partial charge in [0, 0.05) is 18.2 Å². The standard InChI is InChI=1S/C18H21NO2/c1-21-18-8-3-2-5-14(18)12-19-17-7-4-6-13-9-10-15(20)11-16(13)17/h2-3,5,8-11,17,19-20H,4,6-7,12H2,1H3. The fourth-order valence-corrected chi connectivity index (χ4v) is 3.08. The molecule has 0 saturated carbocycles. The summed E-state index contributed by atoms with van der Waals surface area (Å²) in [5, 5.41) is 13.3. The van der Waals surface area contributed by atoms with Crippen LogP contribution in [0.2, 0.25) is 0 Å². The van der Waals surface area contributed by atoms with Gasteiger partial charge in [0.05, 0.1) is 7.11 Å². The zero-order valence-electron chi connectivity index (χ0n) is 12.3. The molecule has 0 spiro atoms. The van der Waals surface area contributed by atoms with Crippen molar-refractivity contribution >= 4 is 0 Å². The van der Waals surface area contributed by atoms with E-state index in [1.165, 1.54) is 17.5 Å². The minimum absolute atomic E-state index is 0.297. The molecule has 110 valence electrons. The number of aromatic hydroxyl groups is 1. The Bertz CT molecular complexity index is 624. The van der Waals surface area contributed by atoms with Crippen molar-refractivity contribution in [2.75, 3.05) is 7.11 Å². The van der Waals surface area contributed by atoms with Crippen LogP contribution in [-0.2, 0) is 13.0 Å². The first kappa shape index (κ1) is 14.0. The van der Waals surface area contributed by atoms with Crippen LogP contribution in [0, 0.1) is 0 Å². The van der Waals surface area contributed by atoms with Gasteiger partial charge < -0.3 is 15.2 Å². The number of ether oxygens (including phenoxy) is 1. The Balaban J connectivity index is 1.76. The second kappa shape index (κ2) is 6.19. The summed E-state index contributed by atoms with van der Waals surface area (Å²) >= 11 is 0. The van der Waals surface area contributed by atoms with Gasteiger partial charge in [-0.1, -0.05) is 24.3 Å². The first-order valence-electron chi connectivity index (χ1n) is 7.45. The van der Waals surface area contributed by atoms with Crippen molar-refractivity contribution in [1.29, 1.82) is 0 Å². The molecule has 3 rings (SSSR count). The number of phenolic OH excluding ortho intramolecular Hbond substituents is 1. The molecule has 21 heavy (non-hydrogen) atoms. The zero-order valence-corrected chi connectivity index (χ0v) is 12.3. The monoisotopic (exact) mass is 283 g/mol. The van der Waals surface area contributed by atoms with Crippen molar-refractivity contribution in [3.05, 3.63) is 59.2 Å². The summed E-state index contributed by atoms with van der Waals surface area (Å²) in [6, 6.07) is 14.1. The van der Waals surface area contributed by atoms with E-state index in [4.69, 9.17) is 4.74 Å². The molecule has 0 radical (unpaired) electrons. The summed E-state index contributed by atoms with van der Waals surface area (Å²) in [4.78, 5) is 0. The van der Waals surface area contributed by atoms with Crippen molar-refractivity contribution in [2.45, 2.75) is 31.8 Å². The molecule has 2 aromatic carbocycles. The van der Waals surface area contributed by atoms with Gasteiger partial charge in [-0.25, -0.2) is 0 Å². The topological polar surface area (TPSA) is 41.5 Å². The highest BCUT2D eigenvalue weighted by atomic mass is 16.5. The fourth-order valence-electron chi connectivity index (χ4n) is 3.08. The van der Waals surface area contributed by atoms with Crippen LogP contribution in [0.4, 0.5) is 0 Å². The maximum atomic E-state index is 9.73. The highest BCUT2D eigenvalue weighted by Crippen LogP contribution is 2.32. The molecule has 3 nitrogen and oxygen atoms in total. The predicted molar refractivity (Wildman–Crippen MR) is 83.6 cm³/mol. The number of nitrogens with one attached hydrogen (secondary N) is 1. The Morgan fingerprint density at radius 1 is 1.24 bits per heavy atom. The average molecular weight is 283 g/mol. The maximum absolute atomic E-state index is 9.73. The highest BCUT2D eigenvalue weighted by molar-refractivity contribution is 5.39. The van der Waals surface area contributed by atoms with Crippen LogP contribution in [-0.4, -0.2) is 12.2 Å². The van der Waals surface area contributed by atoms with Gasteiger partial charge in [-0.15, -0.1) is 0 Å². The molecule has 1 unspecified atom stereocenters. The molecule has 0 heterocycles. The highest BCUT2D eigenvalue weighted by Gasteiger charge is 2.20. The Morgan fingerprint density at radius 2 is 2.10 bits per heavy atom. The smallest absolute Gasteiger partial charge is 0.123 e. The molecular weight excluding hydrogens is 262 g/mol. The molecular formula is C18H21NO2. The molecule has 0 aromatic heterocycles. The maximum Gasteiger partial charge on any atom is 0.123 e. The van der Waals surface area contributed by atoms with E-state index in [0.717, 1.165) is 30.7 Å². The second-order valence-corrected chi connectivity index (χ2v) is 5.52. The number of fused-ring (bicyclic) bond motifs is 1. The van der Waals surface area contributed by atoms with E-state index in [9.17, 15) is 5.11 Å². The predicted octanol–water partition coefficient (Wildman–Crippen LogP) is 3.57. The minimum atomic E-state index is 0.297. The number of rotatable bonds is 4. The molecule has 0 amide bonds. The number of aryl methyl sites for hydroxylation is 1. The first-order valence-corrected chi connectivity index (χ1v) is 7.45. The van der Waals surface area contributed by atoms with Gasteiger partial charge in [0.2, 0.25) is 0 Å². The Hall–Kier alpha value is -2.00. The van der Waals surface area contributed by atoms with Crippen LogP contribution in [0.25, 0.3) is 0 Å². The molecule has 3 heteroatoms. The Morgan fingerprint density at radius 3 is 2.95 bits per heavy atom. The summed E-state index contributed by atoms with van der Waals surface area (Å²) in [5.74, 6) is 1.26. The van der Waals surface area contributed by atoms with Crippen molar-refractivity contribution in [3.8, 4) is 11.5 Å². The van der Waals surface area contributed by atoms with Gasteiger partial charge in [0.1, 0.15) is 11.5 Å². The Kier molecular flexibility index (Phi) is 4.11. The molecule has 0 bridgehead atoms. The lowest BCUT2D eigenvalue weighted by Gasteiger charge is -2.27. The number of hydrogen-bond acceptors (Lipinski definition) is 3. The van der Waals surface area contributed by atoms with Crippen molar-refractivity contribution < 1.29 is 9.84 Å². The third-order valence-electron chi connectivity index (χ3n) is 4.18. The minimum Gasteiger partial charge on any atom is -0.508 e. The summed E-state index contributed by atoms with van der Waals surface area (Å²) in [6.45, 7) is 0.768. The molecule has 0 fully saturated rings. The zero-order chi connectivity index (χ0) is 14.7. The van der Waals surface area contributed by atoms with Gasteiger partial charge in [-0.2, -0.15) is 0 Å². The van der Waals surface area contributed by atoms with Gasteiger partial charge in [0.25, 0.3) is 0 Å². The van der Waals surface area contributed by atoms with Crippen LogP contribution in [0.5, 0.6) is 11.5 Å². The van der Waals surface area contributed by atoms with Crippen LogP contribution in [0.1, 0.15) is 35.6 Å². The lowest BCUT2D eigenvalue weighted by molar-refractivity contribution is 0.400. The number of para-hydroxylation sites is 1. The van der Waals surface area contributed by atoms with Crippen LogP contribution in [0.3, 0.4) is 0 Å². The van der Waals surface area contributed by atoms with E-state index in [0.29, 0.717) is 11.8 Å². The van der Waals surface area contributed by atoms with Gasteiger partial charge in [0.15, 0.2) is 0 Å². The molecule has 0 aliphatic heterocycles. The molecule has 2 aromatic rings. The molecule has 1 aliphatic rings. The van der Waals surface area contributed by atoms with E-state index >= 15 is 0 Å². The van der Waals surface area contributed by atoms with E-state index < -0.39 is 0 Å². The second-order valence-electron chi connectivity index (χ2n) is 5.52. The summed E-state index contributed by atoms with van der Waals surface area (Å²) in [5.41, 5.74) is 3.74. The van der Waals surface area contributed by atoms with Gasteiger partial charge >= 0.3 is 0 Å². The van der Waals surface area contributed by atoms with Crippen LogP contribution < -0.4 is 10.1 Å². The summed E-state index contributed by atoms with van der Waals surface area (Å²) in [7, 11) is 1.70. The summed E-state index contributed by atoms with van der Waals surface area (Å²) in [6.07, 6.45) is 3.38. The fraction of sp³-hybridized carbons (Fsp3) is 0.333. The quantitative estimate of drug-likeness (QED) is 0.901. The molecule has 1 aliphatic carbocycles. The Labute approximate surface area is 125 Å². The average Bonchev–Trinajstić information content (AvgIpc) is 2.53. The van der Waals surface area contributed by atoms with Crippen LogP contribution >= 0.6 is 0 Å². The molecule has 1 atom stereocenters. The van der Waals surface area contributed by atoms with Gasteiger partial charge in [-0.3, -0.25) is 0 Å². The third-order valence-corrected chi connectivity index (χ3v) is 4.18. The lowest BCUT2D eigenvalue weighted by atomic mass is 9.87. The van der Waals surface area contributed by atoms with Crippen molar-refractivity contribution in [1.82, 2.24) is 5.32 Å². The van der Waals surface area contributed by atoms with Crippen molar-refractivity contribution in [2.24, 2.45) is 0 Å². The molecule has 2 N–H and O–H groups in total. The van der Waals surface area contributed by atoms with E-state index in [1.807, 2.05) is 30.3 Å². The SMILES string of the molecule is COc1ccccc1CNC1CCCc2ccc(O)cc21. The van der Waals surface area contributed by atoms with Gasteiger partial charge in [-0.05, 0) is 48.6 Å². The molecule has 0 saturated heterocycles. The van der Waals surface area contributed by atoms with E-state index in [-0.39, 0.29) is 0 Å². The third kappa shape index (κ3) is 3.03. The summed E-state index contributed by atoms with van der Waals surface area (Å²) < 4.78 is 5.39.